The monoisotopic (exact) mass is 379 g/mol. The van der Waals surface area contributed by atoms with Crippen molar-refractivity contribution in [3.63, 3.8) is 0 Å². The van der Waals surface area contributed by atoms with Crippen LogP contribution in [0.3, 0.4) is 0 Å². The van der Waals surface area contributed by atoms with Crippen molar-refractivity contribution in [3.05, 3.63) is 65.4 Å². The van der Waals surface area contributed by atoms with E-state index < -0.39 is 5.97 Å². The first-order valence-corrected chi connectivity index (χ1v) is 9.01. The Morgan fingerprint density at radius 3 is 2.43 bits per heavy atom. The van der Waals surface area contributed by atoms with Crippen LogP contribution in [0.4, 0.5) is 0 Å². The van der Waals surface area contributed by atoms with E-state index in [9.17, 15) is 14.4 Å². The fourth-order valence-corrected chi connectivity index (χ4v) is 2.94. The number of benzene rings is 2. The molecule has 0 aliphatic carbocycles. The SMILES string of the molecule is CCc1cccc2c(C(=O)COC(=O)COc3ccc(C(C)=O)cc3)c[nH]c12. The second-order valence-electron chi connectivity index (χ2n) is 6.35. The van der Waals surface area contributed by atoms with E-state index in [0.717, 1.165) is 22.9 Å². The highest BCUT2D eigenvalue weighted by Crippen LogP contribution is 2.22. The molecule has 3 aromatic rings. The van der Waals surface area contributed by atoms with Gasteiger partial charge in [0.2, 0.25) is 5.78 Å². The molecule has 2 aromatic carbocycles. The van der Waals surface area contributed by atoms with Crippen LogP contribution in [0.25, 0.3) is 10.9 Å². The standard InChI is InChI=1S/C22H21NO5/c1-3-15-5-4-6-18-19(11-23-22(15)18)20(25)12-28-21(26)13-27-17-9-7-16(8-10-17)14(2)24/h4-11,23H,3,12-13H2,1-2H3. The van der Waals surface area contributed by atoms with Gasteiger partial charge in [0.05, 0.1) is 0 Å². The van der Waals surface area contributed by atoms with Crippen LogP contribution in [0.5, 0.6) is 5.75 Å². The van der Waals surface area contributed by atoms with E-state index in [0.29, 0.717) is 16.9 Å². The summed E-state index contributed by atoms with van der Waals surface area (Å²) in [5, 5.41) is 0.821. The summed E-state index contributed by atoms with van der Waals surface area (Å²) >= 11 is 0. The van der Waals surface area contributed by atoms with Crippen LogP contribution in [0.15, 0.2) is 48.7 Å². The minimum absolute atomic E-state index is 0.0483. The number of H-pyrrole nitrogens is 1. The Labute approximate surface area is 162 Å². The zero-order valence-corrected chi connectivity index (χ0v) is 15.8. The Bertz CT molecular complexity index is 1020. The van der Waals surface area contributed by atoms with Crippen molar-refractivity contribution in [3.8, 4) is 5.75 Å². The molecular formula is C22H21NO5. The quantitative estimate of drug-likeness (QED) is 0.476. The lowest BCUT2D eigenvalue weighted by Crippen LogP contribution is -2.19. The van der Waals surface area contributed by atoms with E-state index in [2.05, 4.69) is 4.98 Å². The van der Waals surface area contributed by atoms with Crippen LogP contribution in [-0.2, 0) is 16.0 Å². The fourth-order valence-electron chi connectivity index (χ4n) is 2.94. The Morgan fingerprint density at radius 1 is 1.00 bits per heavy atom. The molecule has 3 rings (SSSR count). The number of rotatable bonds is 8. The molecule has 0 amide bonds. The first-order valence-electron chi connectivity index (χ1n) is 9.01. The van der Waals surface area contributed by atoms with Gasteiger partial charge in [0, 0.05) is 28.2 Å². The van der Waals surface area contributed by atoms with E-state index in [1.165, 1.54) is 6.92 Å². The maximum Gasteiger partial charge on any atom is 0.344 e. The molecule has 6 heteroatoms. The van der Waals surface area contributed by atoms with Crippen molar-refractivity contribution in [2.45, 2.75) is 20.3 Å². The number of aromatic amines is 1. The van der Waals surface area contributed by atoms with Crippen LogP contribution >= 0.6 is 0 Å². The summed E-state index contributed by atoms with van der Waals surface area (Å²) in [5.41, 5.74) is 3.11. The summed E-state index contributed by atoms with van der Waals surface area (Å²) in [7, 11) is 0. The third kappa shape index (κ3) is 4.28. The lowest BCUT2D eigenvalue weighted by Gasteiger charge is -2.07. The summed E-state index contributed by atoms with van der Waals surface area (Å²) in [6, 6.07) is 12.2. The minimum atomic E-state index is -0.641. The van der Waals surface area contributed by atoms with Crippen molar-refractivity contribution in [1.29, 1.82) is 0 Å². The smallest absolute Gasteiger partial charge is 0.344 e. The minimum Gasteiger partial charge on any atom is -0.482 e. The average molecular weight is 379 g/mol. The zero-order chi connectivity index (χ0) is 20.1. The van der Waals surface area contributed by atoms with E-state index >= 15 is 0 Å². The Balaban J connectivity index is 1.54. The van der Waals surface area contributed by atoms with Gasteiger partial charge >= 0.3 is 5.97 Å². The maximum atomic E-state index is 12.4. The first kappa shape index (κ1) is 19.4. The molecule has 0 saturated heterocycles. The van der Waals surface area contributed by atoms with Crippen LogP contribution in [0.1, 0.15) is 40.1 Å². The Hall–Kier alpha value is -3.41. The fraction of sp³-hybridized carbons (Fsp3) is 0.227. The molecular weight excluding hydrogens is 358 g/mol. The number of aromatic nitrogens is 1. The first-order chi connectivity index (χ1) is 13.5. The third-order valence-electron chi connectivity index (χ3n) is 4.46. The zero-order valence-electron chi connectivity index (χ0n) is 15.8. The third-order valence-corrected chi connectivity index (χ3v) is 4.46. The van der Waals surface area contributed by atoms with Crippen LogP contribution < -0.4 is 4.74 Å². The molecule has 0 atom stereocenters. The molecule has 0 aliphatic rings. The highest BCUT2D eigenvalue weighted by molar-refractivity contribution is 6.09. The van der Waals surface area contributed by atoms with Crippen molar-refractivity contribution in [1.82, 2.24) is 4.98 Å². The van der Waals surface area contributed by atoms with E-state index in [1.807, 2.05) is 25.1 Å². The largest absolute Gasteiger partial charge is 0.482 e. The van der Waals surface area contributed by atoms with Crippen molar-refractivity contribution >= 4 is 28.4 Å². The number of nitrogens with one attached hydrogen (secondary N) is 1. The van der Waals surface area contributed by atoms with Gasteiger partial charge in [-0.15, -0.1) is 0 Å². The second kappa shape index (κ2) is 8.52. The van der Waals surface area contributed by atoms with Gasteiger partial charge in [-0.2, -0.15) is 0 Å². The van der Waals surface area contributed by atoms with Crippen LogP contribution in [-0.4, -0.2) is 35.7 Å². The number of Topliss-reactive ketones (excluding diaryl/α,β-unsaturated/α-hetero) is 2. The van der Waals surface area contributed by atoms with Crippen molar-refractivity contribution in [2.75, 3.05) is 13.2 Å². The van der Waals surface area contributed by atoms with Crippen LogP contribution in [0.2, 0.25) is 0 Å². The number of hydrogen-bond acceptors (Lipinski definition) is 5. The molecule has 0 unspecified atom stereocenters. The molecule has 0 bridgehead atoms. The topological polar surface area (TPSA) is 85.5 Å². The lowest BCUT2D eigenvalue weighted by atomic mass is 10.1. The predicted molar refractivity (Wildman–Crippen MR) is 105 cm³/mol. The van der Waals surface area contributed by atoms with Gasteiger partial charge in [0.25, 0.3) is 0 Å². The summed E-state index contributed by atoms with van der Waals surface area (Å²) in [5.74, 6) is -0.526. The number of aryl methyl sites for hydroxylation is 1. The molecule has 28 heavy (non-hydrogen) atoms. The van der Waals surface area contributed by atoms with E-state index in [1.54, 1.807) is 30.5 Å². The van der Waals surface area contributed by atoms with Gasteiger partial charge in [-0.25, -0.2) is 4.79 Å². The van der Waals surface area contributed by atoms with Gasteiger partial charge < -0.3 is 14.5 Å². The Kier molecular flexibility index (Phi) is 5.89. The molecule has 0 aliphatic heterocycles. The van der Waals surface area contributed by atoms with E-state index in [-0.39, 0.29) is 24.8 Å². The van der Waals surface area contributed by atoms with Gasteiger partial charge in [-0.1, -0.05) is 25.1 Å². The molecule has 1 heterocycles. The highest BCUT2D eigenvalue weighted by Gasteiger charge is 2.16. The van der Waals surface area contributed by atoms with Gasteiger partial charge in [0.1, 0.15) is 5.75 Å². The second-order valence-corrected chi connectivity index (χ2v) is 6.35. The van der Waals surface area contributed by atoms with Gasteiger partial charge in [0.15, 0.2) is 19.0 Å². The van der Waals surface area contributed by atoms with Crippen molar-refractivity contribution in [2.24, 2.45) is 0 Å². The number of hydrogen-bond donors (Lipinski definition) is 1. The number of ketones is 2. The summed E-state index contributed by atoms with van der Waals surface area (Å²) in [6.07, 6.45) is 2.50. The number of ether oxygens (including phenoxy) is 2. The number of carbonyl (C=O) groups is 3. The molecule has 0 saturated carbocycles. The van der Waals surface area contributed by atoms with Gasteiger partial charge in [-0.3, -0.25) is 9.59 Å². The lowest BCUT2D eigenvalue weighted by molar-refractivity contribution is -0.144. The van der Waals surface area contributed by atoms with Crippen molar-refractivity contribution < 1.29 is 23.9 Å². The molecule has 0 fully saturated rings. The normalized spacial score (nSPS) is 10.6. The van der Waals surface area contributed by atoms with E-state index in [4.69, 9.17) is 9.47 Å². The molecule has 1 N–H and O–H groups in total. The molecule has 1 aromatic heterocycles. The highest BCUT2D eigenvalue weighted by atomic mass is 16.6. The average Bonchev–Trinajstić information content (AvgIpc) is 3.15. The summed E-state index contributed by atoms with van der Waals surface area (Å²) in [4.78, 5) is 38.7. The number of esters is 1. The maximum absolute atomic E-state index is 12.4. The molecule has 0 spiro atoms. The molecule has 144 valence electrons. The van der Waals surface area contributed by atoms with Gasteiger partial charge in [-0.05, 0) is 43.2 Å². The number of carbonyl (C=O) groups excluding carboxylic acids is 3. The Morgan fingerprint density at radius 2 is 1.75 bits per heavy atom. The molecule has 0 radical (unpaired) electrons. The number of para-hydroxylation sites is 1. The molecule has 6 nitrogen and oxygen atoms in total. The summed E-state index contributed by atoms with van der Waals surface area (Å²) < 4.78 is 10.4. The predicted octanol–water partition coefficient (Wildman–Crippen LogP) is 3.74. The van der Waals surface area contributed by atoms with Crippen LogP contribution in [0, 0.1) is 0 Å². The number of fused-ring (bicyclic) bond motifs is 1. The summed E-state index contributed by atoms with van der Waals surface area (Å²) in [6.45, 7) is 2.85.